The number of rotatable bonds is 8. The summed E-state index contributed by atoms with van der Waals surface area (Å²) in [6.07, 6.45) is 4.90. The van der Waals surface area contributed by atoms with Gasteiger partial charge < -0.3 is 19.8 Å². The second-order valence-corrected chi connectivity index (χ2v) is 12.3. The number of aromatic nitrogens is 3. The van der Waals surface area contributed by atoms with E-state index in [1.54, 1.807) is 0 Å². The van der Waals surface area contributed by atoms with Gasteiger partial charge in [0.15, 0.2) is 11.5 Å². The molecule has 0 saturated carbocycles. The van der Waals surface area contributed by atoms with E-state index >= 15 is 0 Å². The first-order chi connectivity index (χ1) is 20.3. The van der Waals surface area contributed by atoms with Crippen LogP contribution in [0.15, 0.2) is 66.9 Å². The van der Waals surface area contributed by atoms with Crippen LogP contribution in [-0.4, -0.2) is 81.7 Å². The molecule has 2 aliphatic rings. The van der Waals surface area contributed by atoms with Crippen LogP contribution >= 0.6 is 11.6 Å². The summed E-state index contributed by atoms with van der Waals surface area (Å²) in [5.74, 6) is 1.34. The van der Waals surface area contributed by atoms with Crippen LogP contribution in [0.25, 0.3) is 5.65 Å². The third kappa shape index (κ3) is 6.02. The third-order valence-electron chi connectivity index (χ3n) is 8.96. The molecule has 220 valence electrons. The number of fused-ring (bicyclic) bond motifs is 1. The lowest BCUT2D eigenvalue weighted by Crippen LogP contribution is -2.42. The molecule has 0 aliphatic carbocycles. The highest BCUT2D eigenvalue weighted by Crippen LogP contribution is 2.36. The number of piperidine rings is 1. The second-order valence-electron chi connectivity index (χ2n) is 11.8. The molecule has 9 heteroatoms. The predicted molar refractivity (Wildman–Crippen MR) is 166 cm³/mol. The van der Waals surface area contributed by atoms with Crippen LogP contribution in [0.2, 0.25) is 5.02 Å². The maximum atomic E-state index is 13.1. The molecule has 6 rings (SSSR count). The van der Waals surface area contributed by atoms with Crippen molar-refractivity contribution in [3.05, 3.63) is 94.4 Å². The zero-order chi connectivity index (χ0) is 29.3. The van der Waals surface area contributed by atoms with Crippen molar-refractivity contribution in [3.8, 4) is 0 Å². The Labute approximate surface area is 252 Å². The Bertz CT molecular complexity index is 1530. The number of likely N-dealkylation sites (tertiary alicyclic amines) is 1. The molecule has 1 N–H and O–H groups in total. The molecule has 0 spiro atoms. The van der Waals surface area contributed by atoms with E-state index in [0.29, 0.717) is 48.9 Å². The average Bonchev–Trinajstić information content (AvgIpc) is 3.64. The Kier molecular flexibility index (Phi) is 8.21. The van der Waals surface area contributed by atoms with Crippen LogP contribution in [0.4, 0.5) is 5.69 Å². The third-order valence-corrected chi connectivity index (χ3v) is 9.21. The van der Waals surface area contributed by atoms with Gasteiger partial charge in [-0.2, -0.15) is 5.10 Å². The summed E-state index contributed by atoms with van der Waals surface area (Å²) < 4.78 is 1.83. The molecule has 4 aromatic rings. The first-order valence-electron chi connectivity index (χ1n) is 15.0. The Morgan fingerprint density at radius 1 is 1.07 bits per heavy atom. The van der Waals surface area contributed by atoms with Gasteiger partial charge in [0.05, 0.1) is 11.3 Å². The number of aliphatic hydroxyl groups is 1. The van der Waals surface area contributed by atoms with Crippen molar-refractivity contribution in [2.75, 3.05) is 51.2 Å². The van der Waals surface area contributed by atoms with Gasteiger partial charge in [0.1, 0.15) is 0 Å². The van der Waals surface area contributed by atoms with Crippen LogP contribution in [0.1, 0.15) is 53.5 Å². The van der Waals surface area contributed by atoms with Crippen LogP contribution in [-0.2, 0) is 12.0 Å². The van der Waals surface area contributed by atoms with Crippen molar-refractivity contribution < 1.29 is 9.90 Å². The van der Waals surface area contributed by atoms with Crippen molar-refractivity contribution in [1.29, 1.82) is 0 Å². The monoisotopic (exact) mass is 586 g/mol. The van der Waals surface area contributed by atoms with E-state index in [1.165, 1.54) is 0 Å². The van der Waals surface area contributed by atoms with Gasteiger partial charge >= 0.3 is 0 Å². The maximum Gasteiger partial charge on any atom is 0.253 e. The summed E-state index contributed by atoms with van der Waals surface area (Å²) in [4.78, 5) is 24.5. The molecular formula is C33H39ClN6O2. The van der Waals surface area contributed by atoms with Gasteiger partial charge in [0, 0.05) is 56.4 Å². The molecule has 4 heterocycles. The van der Waals surface area contributed by atoms with Crippen molar-refractivity contribution in [3.63, 3.8) is 0 Å². The number of pyridine rings is 1. The summed E-state index contributed by atoms with van der Waals surface area (Å²) in [5, 5.41) is 16.7. The van der Waals surface area contributed by atoms with Gasteiger partial charge in [-0.15, -0.1) is 0 Å². The molecule has 2 aromatic carbocycles. The van der Waals surface area contributed by atoms with Crippen LogP contribution < -0.4 is 4.90 Å². The number of halogens is 1. The fraction of sp³-hybridized carbons (Fsp3) is 0.424. The first kappa shape index (κ1) is 28.6. The highest BCUT2D eigenvalue weighted by molar-refractivity contribution is 6.30. The van der Waals surface area contributed by atoms with Crippen LogP contribution in [0.3, 0.4) is 0 Å². The molecule has 2 fully saturated rings. The number of carbonyl (C=O) groups excluding carboxylic acids is 1. The smallest absolute Gasteiger partial charge is 0.253 e. The fourth-order valence-electron chi connectivity index (χ4n) is 6.41. The van der Waals surface area contributed by atoms with E-state index in [9.17, 15) is 9.90 Å². The number of nitrogens with zero attached hydrogens (tertiary/aromatic N) is 6. The number of anilines is 1. The van der Waals surface area contributed by atoms with Gasteiger partial charge in [0.25, 0.3) is 5.91 Å². The van der Waals surface area contributed by atoms with E-state index in [-0.39, 0.29) is 5.91 Å². The quantitative estimate of drug-likeness (QED) is 0.317. The molecule has 0 radical (unpaired) electrons. The SMILES string of the molecule is CCN1CCC(CN(C)C(=O)c2ccc(Cc3nc4c(N5CCC(O)(c6ccc(Cl)cc6)CC5)cccn4n3)cc2)C1. The zero-order valence-corrected chi connectivity index (χ0v) is 25.2. The Morgan fingerprint density at radius 2 is 1.81 bits per heavy atom. The summed E-state index contributed by atoms with van der Waals surface area (Å²) in [6, 6.07) is 19.4. The van der Waals surface area contributed by atoms with E-state index in [0.717, 1.165) is 60.9 Å². The molecule has 2 saturated heterocycles. The maximum absolute atomic E-state index is 13.1. The van der Waals surface area contributed by atoms with Crippen molar-refractivity contribution >= 4 is 28.8 Å². The van der Waals surface area contributed by atoms with Gasteiger partial charge in [-0.3, -0.25) is 4.79 Å². The predicted octanol–water partition coefficient (Wildman–Crippen LogP) is 4.88. The van der Waals surface area contributed by atoms with E-state index in [2.05, 4.69) is 22.8 Å². The topological polar surface area (TPSA) is 77.2 Å². The first-order valence-corrected chi connectivity index (χ1v) is 15.3. The minimum Gasteiger partial charge on any atom is -0.385 e. The average molecular weight is 587 g/mol. The molecule has 1 atom stereocenters. The molecular weight excluding hydrogens is 548 g/mol. The minimum absolute atomic E-state index is 0.0662. The van der Waals surface area contributed by atoms with E-state index in [4.69, 9.17) is 21.7 Å². The highest BCUT2D eigenvalue weighted by Gasteiger charge is 2.34. The number of hydrogen-bond donors (Lipinski definition) is 1. The lowest BCUT2D eigenvalue weighted by molar-refractivity contribution is 0.0118. The second kappa shape index (κ2) is 12.0. The number of hydrogen-bond acceptors (Lipinski definition) is 6. The molecule has 1 unspecified atom stereocenters. The molecule has 2 aromatic heterocycles. The fourth-order valence-corrected chi connectivity index (χ4v) is 6.54. The number of amides is 1. The number of benzene rings is 2. The minimum atomic E-state index is -0.861. The van der Waals surface area contributed by atoms with E-state index < -0.39 is 5.60 Å². The molecule has 0 bridgehead atoms. The number of carbonyl (C=O) groups is 1. The normalized spacial score (nSPS) is 19.0. The molecule has 1 amide bonds. The lowest BCUT2D eigenvalue weighted by atomic mass is 9.84. The Balaban J connectivity index is 1.10. The lowest BCUT2D eigenvalue weighted by Gasteiger charge is -2.39. The molecule has 2 aliphatic heterocycles. The summed E-state index contributed by atoms with van der Waals surface area (Å²) in [7, 11) is 1.91. The van der Waals surface area contributed by atoms with Gasteiger partial charge in [-0.25, -0.2) is 9.50 Å². The molecule has 8 nitrogen and oxygen atoms in total. The van der Waals surface area contributed by atoms with Crippen LogP contribution in [0, 0.1) is 5.92 Å². The summed E-state index contributed by atoms with van der Waals surface area (Å²) >= 11 is 6.05. The zero-order valence-electron chi connectivity index (χ0n) is 24.4. The van der Waals surface area contributed by atoms with Gasteiger partial charge in [0.2, 0.25) is 0 Å². The Morgan fingerprint density at radius 3 is 2.50 bits per heavy atom. The van der Waals surface area contributed by atoms with Crippen molar-refractivity contribution in [1.82, 2.24) is 24.4 Å². The summed E-state index contributed by atoms with van der Waals surface area (Å²) in [5.41, 5.74) is 3.65. The van der Waals surface area contributed by atoms with Crippen LogP contribution in [0.5, 0.6) is 0 Å². The van der Waals surface area contributed by atoms with Gasteiger partial charge in [-0.1, -0.05) is 42.8 Å². The van der Waals surface area contributed by atoms with Gasteiger partial charge in [-0.05, 0) is 85.8 Å². The largest absolute Gasteiger partial charge is 0.385 e. The van der Waals surface area contributed by atoms with Crippen molar-refractivity contribution in [2.45, 2.75) is 38.2 Å². The van der Waals surface area contributed by atoms with E-state index in [1.807, 2.05) is 77.3 Å². The Hall–Kier alpha value is -3.46. The molecule has 42 heavy (non-hydrogen) atoms. The standard InChI is InChI=1S/C33H39ClN6O2/c1-3-38-18-14-25(23-38)22-37(2)32(41)26-8-6-24(7-9-26)21-30-35-31-29(5-4-17-40(31)36-30)39-19-15-33(42,16-20-39)27-10-12-28(34)13-11-27/h4-13,17,25,42H,3,14-16,18-23H2,1-2H3. The summed E-state index contributed by atoms with van der Waals surface area (Å²) in [6.45, 7) is 7.68. The highest BCUT2D eigenvalue weighted by atomic mass is 35.5. The van der Waals surface area contributed by atoms with Crippen molar-refractivity contribution in [2.24, 2.45) is 5.92 Å².